The van der Waals surface area contributed by atoms with Gasteiger partial charge < -0.3 is 20.6 Å². The molecular weight excluding hydrogens is 342 g/mol. The van der Waals surface area contributed by atoms with Crippen molar-refractivity contribution in [2.45, 2.75) is 18.9 Å². The van der Waals surface area contributed by atoms with Crippen LogP contribution in [0, 0.1) is 0 Å². The van der Waals surface area contributed by atoms with Crippen LogP contribution in [0.15, 0.2) is 65.3 Å². The van der Waals surface area contributed by atoms with Gasteiger partial charge in [0.25, 0.3) is 0 Å². The van der Waals surface area contributed by atoms with Crippen molar-refractivity contribution in [1.29, 1.82) is 0 Å². The Balaban J connectivity index is 1.40. The number of para-hydroxylation sites is 2. The fourth-order valence-electron chi connectivity index (χ4n) is 2.98. The highest BCUT2D eigenvalue weighted by atomic mass is 16.5. The number of aromatic amines is 1. The van der Waals surface area contributed by atoms with E-state index < -0.39 is 6.04 Å². The van der Waals surface area contributed by atoms with Crippen LogP contribution in [0.4, 0.5) is 5.69 Å². The molecular formula is C20H19N5O2. The number of carbonyl (C=O) groups is 1. The summed E-state index contributed by atoms with van der Waals surface area (Å²) in [5, 5.41) is 7.79. The number of nitrogens with two attached hydrogens (primary N) is 1. The van der Waals surface area contributed by atoms with Crippen molar-refractivity contribution in [3.8, 4) is 0 Å². The van der Waals surface area contributed by atoms with E-state index in [0.717, 1.165) is 22.2 Å². The van der Waals surface area contributed by atoms with E-state index in [1.807, 2.05) is 60.8 Å². The van der Waals surface area contributed by atoms with Crippen LogP contribution in [-0.2, 0) is 17.6 Å². The maximum atomic E-state index is 12.1. The monoisotopic (exact) mass is 361 g/mol. The molecule has 2 aromatic carbocycles. The lowest BCUT2D eigenvalue weighted by atomic mass is 10.1. The highest BCUT2D eigenvalue weighted by Gasteiger charge is 2.18. The molecule has 0 saturated heterocycles. The van der Waals surface area contributed by atoms with Crippen LogP contribution < -0.4 is 11.1 Å². The first-order valence-corrected chi connectivity index (χ1v) is 8.67. The summed E-state index contributed by atoms with van der Waals surface area (Å²) in [5.74, 6) is 0.425. The van der Waals surface area contributed by atoms with Gasteiger partial charge in [0.2, 0.25) is 11.8 Å². The van der Waals surface area contributed by atoms with Crippen LogP contribution in [0.2, 0.25) is 0 Å². The van der Waals surface area contributed by atoms with Crippen LogP contribution >= 0.6 is 0 Å². The zero-order chi connectivity index (χ0) is 18.6. The molecule has 0 aliphatic rings. The smallest absolute Gasteiger partial charge is 0.243 e. The Hall–Kier alpha value is -3.45. The lowest BCUT2D eigenvalue weighted by molar-refractivity contribution is -0.115. The third-order valence-corrected chi connectivity index (χ3v) is 4.29. The quantitative estimate of drug-likeness (QED) is 0.489. The number of H-pyrrole nitrogens is 1. The molecule has 7 heteroatoms. The fraction of sp³-hybridized carbons (Fsp3) is 0.150. The van der Waals surface area contributed by atoms with Crippen molar-refractivity contribution in [2.75, 3.05) is 5.32 Å². The van der Waals surface area contributed by atoms with Gasteiger partial charge >= 0.3 is 0 Å². The standard InChI is InChI=1S/C20H19N5O2/c21-16(10-13-12-22-17-9-5-4-8-15(13)17)20-24-18(25-27-20)11-19(26)23-14-6-2-1-3-7-14/h1-9,12,16,22H,10-11,21H2,(H,23,26)/t16-/m0/s1. The molecule has 0 bridgehead atoms. The number of amides is 1. The van der Waals surface area contributed by atoms with Gasteiger partial charge in [0.1, 0.15) is 0 Å². The number of hydrogen-bond donors (Lipinski definition) is 3. The van der Waals surface area contributed by atoms with Crippen molar-refractivity contribution in [1.82, 2.24) is 15.1 Å². The minimum Gasteiger partial charge on any atom is -0.361 e. The molecule has 2 heterocycles. The number of nitrogens with zero attached hydrogens (tertiary/aromatic N) is 2. The highest BCUT2D eigenvalue weighted by molar-refractivity contribution is 5.91. The van der Waals surface area contributed by atoms with Gasteiger partial charge in [0.15, 0.2) is 5.82 Å². The minimum absolute atomic E-state index is 0.0260. The van der Waals surface area contributed by atoms with E-state index in [0.29, 0.717) is 18.1 Å². The number of fused-ring (bicyclic) bond motifs is 1. The number of aromatic nitrogens is 3. The van der Waals surface area contributed by atoms with Crippen molar-refractivity contribution in [3.63, 3.8) is 0 Å². The van der Waals surface area contributed by atoms with E-state index in [1.54, 1.807) is 0 Å². The summed E-state index contributed by atoms with van der Waals surface area (Å²) in [6, 6.07) is 16.8. The first-order chi connectivity index (χ1) is 13.2. The molecule has 1 atom stereocenters. The third kappa shape index (κ3) is 3.88. The Morgan fingerprint density at radius 2 is 1.93 bits per heavy atom. The van der Waals surface area contributed by atoms with Crippen LogP contribution in [-0.4, -0.2) is 21.0 Å². The van der Waals surface area contributed by atoms with E-state index in [1.165, 1.54) is 0 Å². The summed E-state index contributed by atoms with van der Waals surface area (Å²) in [5.41, 5.74) is 9.10. The molecule has 0 fully saturated rings. The zero-order valence-electron chi connectivity index (χ0n) is 14.6. The van der Waals surface area contributed by atoms with Crippen LogP contribution in [0.3, 0.4) is 0 Å². The summed E-state index contributed by atoms with van der Waals surface area (Å²) in [6.07, 6.45) is 2.52. The molecule has 0 unspecified atom stereocenters. The van der Waals surface area contributed by atoms with Gasteiger partial charge in [0, 0.05) is 22.8 Å². The Kier molecular flexibility index (Phi) is 4.67. The molecule has 7 nitrogen and oxygen atoms in total. The summed E-state index contributed by atoms with van der Waals surface area (Å²) in [6.45, 7) is 0. The average Bonchev–Trinajstić information content (AvgIpc) is 3.30. The van der Waals surface area contributed by atoms with E-state index in [9.17, 15) is 4.79 Å². The third-order valence-electron chi connectivity index (χ3n) is 4.29. The second kappa shape index (κ2) is 7.43. The molecule has 0 aliphatic heterocycles. The van der Waals surface area contributed by atoms with Gasteiger partial charge in [-0.25, -0.2) is 0 Å². The summed E-state index contributed by atoms with van der Waals surface area (Å²) in [7, 11) is 0. The molecule has 136 valence electrons. The normalized spacial score (nSPS) is 12.2. The van der Waals surface area contributed by atoms with E-state index >= 15 is 0 Å². The maximum absolute atomic E-state index is 12.1. The van der Waals surface area contributed by atoms with Crippen molar-refractivity contribution in [2.24, 2.45) is 5.73 Å². The average molecular weight is 361 g/mol. The van der Waals surface area contributed by atoms with Gasteiger partial charge in [-0.3, -0.25) is 4.79 Å². The van der Waals surface area contributed by atoms with Crippen LogP contribution in [0.1, 0.15) is 23.3 Å². The van der Waals surface area contributed by atoms with E-state index in [2.05, 4.69) is 20.4 Å². The lowest BCUT2D eigenvalue weighted by Crippen LogP contribution is -2.16. The molecule has 0 saturated carbocycles. The SMILES string of the molecule is N[C@@H](Cc1c[nH]c2ccccc12)c1nc(CC(=O)Nc2ccccc2)no1. The molecule has 2 aromatic heterocycles. The number of rotatable bonds is 6. The maximum Gasteiger partial charge on any atom is 0.243 e. The van der Waals surface area contributed by atoms with Gasteiger partial charge in [-0.05, 0) is 30.2 Å². The Bertz CT molecular complexity index is 1050. The van der Waals surface area contributed by atoms with Crippen LogP contribution in [0.5, 0.6) is 0 Å². The van der Waals surface area contributed by atoms with E-state index in [4.69, 9.17) is 10.3 Å². The molecule has 1 amide bonds. The first-order valence-electron chi connectivity index (χ1n) is 8.67. The number of benzene rings is 2. The zero-order valence-corrected chi connectivity index (χ0v) is 14.6. The largest absolute Gasteiger partial charge is 0.361 e. The summed E-state index contributed by atoms with van der Waals surface area (Å²) >= 11 is 0. The number of hydrogen-bond acceptors (Lipinski definition) is 5. The molecule has 4 aromatic rings. The van der Waals surface area contributed by atoms with Crippen molar-refractivity contribution >= 4 is 22.5 Å². The Labute approximate surface area is 155 Å². The highest BCUT2D eigenvalue weighted by Crippen LogP contribution is 2.22. The molecule has 0 spiro atoms. The van der Waals surface area contributed by atoms with Gasteiger partial charge in [0.05, 0.1) is 12.5 Å². The predicted octanol–water partition coefficient (Wildman–Crippen LogP) is 2.97. The van der Waals surface area contributed by atoms with E-state index in [-0.39, 0.29) is 12.3 Å². The molecule has 27 heavy (non-hydrogen) atoms. The summed E-state index contributed by atoms with van der Waals surface area (Å²) in [4.78, 5) is 19.6. The molecule has 4 rings (SSSR count). The second-order valence-corrected chi connectivity index (χ2v) is 6.31. The number of carbonyl (C=O) groups excluding carboxylic acids is 1. The number of anilines is 1. The first kappa shape index (κ1) is 17.0. The molecule has 0 aliphatic carbocycles. The van der Waals surface area contributed by atoms with Gasteiger partial charge in [-0.15, -0.1) is 0 Å². The molecule has 4 N–H and O–H groups in total. The van der Waals surface area contributed by atoms with Gasteiger partial charge in [-0.1, -0.05) is 41.6 Å². The second-order valence-electron chi connectivity index (χ2n) is 6.31. The molecule has 0 radical (unpaired) electrons. The van der Waals surface area contributed by atoms with Crippen LogP contribution in [0.25, 0.3) is 10.9 Å². The van der Waals surface area contributed by atoms with Crippen molar-refractivity contribution in [3.05, 3.63) is 78.1 Å². The Morgan fingerprint density at radius 3 is 2.78 bits per heavy atom. The lowest BCUT2D eigenvalue weighted by Gasteiger charge is -2.05. The number of nitrogens with one attached hydrogen (secondary N) is 2. The predicted molar refractivity (Wildman–Crippen MR) is 102 cm³/mol. The topological polar surface area (TPSA) is 110 Å². The summed E-state index contributed by atoms with van der Waals surface area (Å²) < 4.78 is 5.26. The Morgan fingerprint density at radius 1 is 1.15 bits per heavy atom. The fourth-order valence-corrected chi connectivity index (χ4v) is 2.98. The minimum atomic E-state index is -0.442. The van der Waals surface area contributed by atoms with Crippen molar-refractivity contribution < 1.29 is 9.32 Å². The van der Waals surface area contributed by atoms with Gasteiger partial charge in [-0.2, -0.15) is 4.98 Å².